The number of imide groups is 1. The molecule has 0 bridgehead atoms. The number of amides is 2. The molecule has 2 rings (SSSR count). The van der Waals surface area contributed by atoms with Gasteiger partial charge in [0.2, 0.25) is 0 Å². The quantitative estimate of drug-likeness (QED) is 0.350. The zero-order valence-electron chi connectivity index (χ0n) is 14.9. The molecular formula is C19H24BN2O2. The lowest BCUT2D eigenvalue weighted by molar-refractivity contribution is 0.0653. The number of carbonyl (C=O) groups excluding carboxylic acids is 2. The second-order valence-electron chi connectivity index (χ2n) is 6.50. The highest BCUT2D eigenvalue weighted by Crippen LogP contribution is 2.22. The number of rotatable bonds is 6. The van der Waals surface area contributed by atoms with E-state index >= 15 is 0 Å². The van der Waals surface area contributed by atoms with Crippen molar-refractivity contribution in [2.45, 2.75) is 52.6 Å². The number of fused-ring (bicyclic) bond motifs is 1. The molecule has 1 aromatic carbocycles. The van der Waals surface area contributed by atoms with E-state index in [1.807, 2.05) is 7.41 Å². The van der Waals surface area contributed by atoms with Crippen LogP contribution in [0.4, 0.5) is 0 Å². The van der Waals surface area contributed by atoms with Gasteiger partial charge >= 0.3 is 7.41 Å². The summed E-state index contributed by atoms with van der Waals surface area (Å²) in [6.45, 7) is 8.97. The van der Waals surface area contributed by atoms with Crippen LogP contribution in [0.5, 0.6) is 0 Å². The van der Waals surface area contributed by atoms with Crippen LogP contribution in [0.25, 0.3) is 0 Å². The number of unbranched alkanes of at least 4 members (excludes halogenated alkanes) is 1. The van der Waals surface area contributed by atoms with Crippen LogP contribution in [-0.4, -0.2) is 47.6 Å². The predicted molar refractivity (Wildman–Crippen MR) is 96.7 cm³/mol. The molecule has 1 aliphatic rings. The molecule has 24 heavy (non-hydrogen) atoms. The Morgan fingerprint density at radius 2 is 1.58 bits per heavy atom. The van der Waals surface area contributed by atoms with Gasteiger partial charge in [-0.2, -0.15) is 0 Å². The average Bonchev–Trinajstić information content (AvgIpc) is 2.78. The largest absolute Gasteiger partial charge is 0.330 e. The van der Waals surface area contributed by atoms with E-state index in [0.29, 0.717) is 42.6 Å². The van der Waals surface area contributed by atoms with Crippen LogP contribution >= 0.6 is 0 Å². The first-order chi connectivity index (χ1) is 11.4. The van der Waals surface area contributed by atoms with Crippen LogP contribution in [0, 0.1) is 11.7 Å². The number of benzene rings is 1. The molecule has 0 fully saturated rings. The summed E-state index contributed by atoms with van der Waals surface area (Å²) in [6, 6.07) is 7.80. The summed E-state index contributed by atoms with van der Waals surface area (Å²) in [5.74, 6) is 5.79. The minimum atomic E-state index is -0.194. The van der Waals surface area contributed by atoms with E-state index in [4.69, 9.17) is 0 Å². The zero-order valence-corrected chi connectivity index (χ0v) is 14.9. The van der Waals surface area contributed by atoms with Crippen molar-refractivity contribution in [2.75, 3.05) is 6.54 Å². The molecule has 0 spiro atoms. The summed E-state index contributed by atoms with van der Waals surface area (Å²) in [7, 11) is 1.93. The van der Waals surface area contributed by atoms with Crippen molar-refractivity contribution in [1.29, 1.82) is 0 Å². The Bertz CT molecular complexity index is 630. The molecule has 4 nitrogen and oxygen atoms in total. The van der Waals surface area contributed by atoms with E-state index in [2.05, 4.69) is 44.2 Å². The normalized spacial score (nSPS) is 13.5. The van der Waals surface area contributed by atoms with Gasteiger partial charge in [0.05, 0.1) is 11.1 Å². The van der Waals surface area contributed by atoms with Crippen molar-refractivity contribution < 1.29 is 9.59 Å². The molecule has 0 aromatic heterocycles. The van der Waals surface area contributed by atoms with Gasteiger partial charge in [-0.1, -0.05) is 39.8 Å². The van der Waals surface area contributed by atoms with Crippen molar-refractivity contribution in [3.05, 3.63) is 35.4 Å². The van der Waals surface area contributed by atoms with Crippen molar-refractivity contribution in [3.63, 3.8) is 0 Å². The number of hydrogen-bond acceptors (Lipinski definition) is 3. The molecule has 5 heteroatoms. The molecule has 0 saturated heterocycles. The maximum absolute atomic E-state index is 12.2. The van der Waals surface area contributed by atoms with Crippen molar-refractivity contribution in [3.8, 4) is 11.7 Å². The summed E-state index contributed by atoms with van der Waals surface area (Å²) in [5, 5.41) is 0. The fraction of sp³-hybridized carbons (Fsp3) is 0.474. The van der Waals surface area contributed by atoms with E-state index in [0.717, 1.165) is 0 Å². The standard InChI is InChI=1S/C19H24BN2O2/c1-14(2)22(15(3)4)20-12-8-5-9-13-21-18(23)16-10-6-7-11-17(16)19(21)24/h6-7,10-11,14-15H,5,9,13H2,1-4H3. The third-order valence-corrected chi connectivity index (χ3v) is 4.07. The molecular weight excluding hydrogens is 299 g/mol. The molecule has 125 valence electrons. The highest BCUT2D eigenvalue weighted by Gasteiger charge is 2.34. The van der Waals surface area contributed by atoms with Crippen LogP contribution in [0.15, 0.2) is 24.3 Å². The van der Waals surface area contributed by atoms with Crippen molar-refractivity contribution in [1.82, 2.24) is 9.71 Å². The van der Waals surface area contributed by atoms with Gasteiger partial charge in [-0.25, -0.2) is 0 Å². The molecule has 1 aliphatic heterocycles. The van der Waals surface area contributed by atoms with Crippen molar-refractivity contribution in [2.24, 2.45) is 0 Å². The molecule has 0 aliphatic carbocycles. The van der Waals surface area contributed by atoms with Gasteiger partial charge in [-0.05, 0) is 30.6 Å². The third-order valence-electron chi connectivity index (χ3n) is 4.07. The highest BCUT2D eigenvalue weighted by molar-refractivity contribution is 6.43. The van der Waals surface area contributed by atoms with Gasteiger partial charge in [-0.15, -0.1) is 11.7 Å². The van der Waals surface area contributed by atoms with E-state index in [1.54, 1.807) is 24.3 Å². The number of nitrogens with zero attached hydrogens (tertiary/aromatic N) is 2. The van der Waals surface area contributed by atoms with Gasteiger partial charge in [-0.3, -0.25) is 14.5 Å². The highest BCUT2D eigenvalue weighted by atomic mass is 16.2. The monoisotopic (exact) mass is 323 g/mol. The molecule has 0 atom stereocenters. The second kappa shape index (κ2) is 8.16. The molecule has 0 saturated carbocycles. The van der Waals surface area contributed by atoms with Gasteiger partial charge < -0.3 is 4.81 Å². The number of hydrogen-bond donors (Lipinski definition) is 0. The summed E-state index contributed by atoms with van der Waals surface area (Å²) in [5.41, 5.74) is 1.01. The molecule has 2 amide bonds. The van der Waals surface area contributed by atoms with Gasteiger partial charge in [0.15, 0.2) is 0 Å². The van der Waals surface area contributed by atoms with Gasteiger partial charge in [0, 0.05) is 13.0 Å². The topological polar surface area (TPSA) is 40.6 Å². The minimum absolute atomic E-state index is 0.194. The lowest BCUT2D eigenvalue weighted by atomic mass is 9.88. The Morgan fingerprint density at radius 3 is 2.08 bits per heavy atom. The lowest BCUT2D eigenvalue weighted by Gasteiger charge is -2.27. The van der Waals surface area contributed by atoms with E-state index in [-0.39, 0.29) is 11.8 Å². The van der Waals surface area contributed by atoms with Crippen LogP contribution in [-0.2, 0) is 0 Å². The van der Waals surface area contributed by atoms with Crippen LogP contribution in [0.2, 0.25) is 0 Å². The summed E-state index contributed by atoms with van der Waals surface area (Å²) in [4.78, 5) is 28.0. The van der Waals surface area contributed by atoms with Crippen LogP contribution < -0.4 is 0 Å². The Hall–Kier alpha value is -2.06. The Balaban J connectivity index is 1.81. The maximum atomic E-state index is 12.2. The Morgan fingerprint density at radius 1 is 1.04 bits per heavy atom. The maximum Gasteiger partial charge on any atom is 0.312 e. The predicted octanol–water partition coefficient (Wildman–Crippen LogP) is 2.76. The Kier molecular flexibility index (Phi) is 6.22. The minimum Gasteiger partial charge on any atom is -0.330 e. The lowest BCUT2D eigenvalue weighted by Crippen LogP contribution is -2.39. The first kappa shape index (κ1) is 18.3. The molecule has 1 radical (unpaired) electrons. The summed E-state index contributed by atoms with van der Waals surface area (Å²) in [6.07, 6.45) is 1.35. The van der Waals surface area contributed by atoms with E-state index in [9.17, 15) is 9.59 Å². The average molecular weight is 323 g/mol. The second-order valence-corrected chi connectivity index (χ2v) is 6.50. The van der Waals surface area contributed by atoms with Crippen LogP contribution in [0.1, 0.15) is 61.3 Å². The molecule has 0 N–H and O–H groups in total. The first-order valence-corrected chi connectivity index (χ1v) is 8.48. The fourth-order valence-corrected chi connectivity index (χ4v) is 2.85. The third kappa shape index (κ3) is 4.07. The van der Waals surface area contributed by atoms with Crippen molar-refractivity contribution >= 4 is 19.2 Å². The SMILES string of the molecule is CC(C)N([B]C#CCCCN1C(=O)c2ccccc2C1=O)C(C)C. The molecule has 0 unspecified atom stereocenters. The Labute approximate surface area is 145 Å². The van der Waals surface area contributed by atoms with E-state index in [1.165, 1.54) is 4.90 Å². The molecule has 1 heterocycles. The molecule has 1 aromatic rings. The first-order valence-electron chi connectivity index (χ1n) is 8.48. The van der Waals surface area contributed by atoms with Gasteiger partial charge in [0.1, 0.15) is 0 Å². The summed E-state index contributed by atoms with van der Waals surface area (Å²) >= 11 is 0. The van der Waals surface area contributed by atoms with E-state index < -0.39 is 0 Å². The number of carbonyl (C=O) groups is 2. The van der Waals surface area contributed by atoms with Gasteiger partial charge in [0.25, 0.3) is 11.8 Å². The fourth-order valence-electron chi connectivity index (χ4n) is 2.85. The smallest absolute Gasteiger partial charge is 0.312 e. The van der Waals surface area contributed by atoms with Crippen LogP contribution in [0.3, 0.4) is 0 Å². The zero-order chi connectivity index (χ0) is 17.7. The summed E-state index contributed by atoms with van der Waals surface area (Å²) < 4.78 is 0.